The highest BCUT2D eigenvalue weighted by atomic mass is 16.5. The van der Waals surface area contributed by atoms with Gasteiger partial charge in [0.05, 0.1) is 12.5 Å². The van der Waals surface area contributed by atoms with Crippen LogP contribution in [-0.4, -0.2) is 30.1 Å². The van der Waals surface area contributed by atoms with Crippen LogP contribution in [0.15, 0.2) is 0 Å². The first-order chi connectivity index (χ1) is 6.02. The lowest BCUT2D eigenvalue weighted by atomic mass is 9.81. The van der Waals surface area contributed by atoms with Crippen molar-refractivity contribution in [2.45, 2.75) is 32.3 Å². The smallest absolute Gasteiger partial charge is 0.335 e. The fourth-order valence-corrected chi connectivity index (χ4v) is 1.70. The standard InChI is InChI=1S/C9H14O4/c1-9(5-3-4-6(9)10)7(11)8(12)13-2/h7,11H,3-5H2,1-2H3/t7-,9-/m0/s1. The fraction of sp³-hybridized carbons (Fsp3) is 0.778. The Morgan fingerprint density at radius 1 is 1.69 bits per heavy atom. The first-order valence-corrected chi connectivity index (χ1v) is 4.31. The summed E-state index contributed by atoms with van der Waals surface area (Å²) >= 11 is 0. The molecule has 0 amide bonds. The van der Waals surface area contributed by atoms with Crippen molar-refractivity contribution in [1.29, 1.82) is 0 Å². The molecular formula is C9H14O4. The van der Waals surface area contributed by atoms with Crippen molar-refractivity contribution in [3.05, 3.63) is 0 Å². The third kappa shape index (κ3) is 1.58. The van der Waals surface area contributed by atoms with Crippen molar-refractivity contribution >= 4 is 11.8 Å². The van der Waals surface area contributed by atoms with E-state index in [-0.39, 0.29) is 5.78 Å². The molecule has 1 fully saturated rings. The first kappa shape index (κ1) is 10.2. The zero-order valence-electron chi connectivity index (χ0n) is 7.87. The molecule has 1 saturated carbocycles. The molecular weight excluding hydrogens is 172 g/mol. The summed E-state index contributed by atoms with van der Waals surface area (Å²) in [5, 5.41) is 9.55. The number of carbonyl (C=O) groups is 2. The molecule has 0 radical (unpaired) electrons. The number of aliphatic hydroxyl groups is 1. The quantitative estimate of drug-likeness (QED) is 0.629. The second-order valence-corrected chi connectivity index (χ2v) is 3.62. The number of ketones is 1. The lowest BCUT2D eigenvalue weighted by molar-refractivity contribution is -0.160. The summed E-state index contributed by atoms with van der Waals surface area (Å²) in [5.74, 6) is -0.775. The molecule has 1 aliphatic carbocycles. The van der Waals surface area contributed by atoms with Gasteiger partial charge in [-0.15, -0.1) is 0 Å². The number of hydrogen-bond donors (Lipinski definition) is 1. The van der Waals surface area contributed by atoms with Crippen molar-refractivity contribution < 1.29 is 19.4 Å². The summed E-state index contributed by atoms with van der Waals surface area (Å²) in [6, 6.07) is 0. The molecule has 0 heterocycles. The molecule has 2 atom stereocenters. The number of ether oxygens (including phenoxy) is 1. The van der Waals surface area contributed by atoms with Gasteiger partial charge in [-0.25, -0.2) is 4.79 Å². The topological polar surface area (TPSA) is 63.6 Å². The van der Waals surface area contributed by atoms with Gasteiger partial charge in [0.25, 0.3) is 0 Å². The average Bonchev–Trinajstić information content (AvgIpc) is 2.46. The Labute approximate surface area is 76.9 Å². The van der Waals surface area contributed by atoms with Crippen LogP contribution in [0.3, 0.4) is 0 Å². The van der Waals surface area contributed by atoms with Gasteiger partial charge in [0, 0.05) is 6.42 Å². The Morgan fingerprint density at radius 2 is 2.31 bits per heavy atom. The van der Waals surface area contributed by atoms with E-state index in [0.717, 1.165) is 6.42 Å². The van der Waals surface area contributed by atoms with E-state index in [4.69, 9.17) is 0 Å². The Morgan fingerprint density at radius 3 is 2.69 bits per heavy atom. The van der Waals surface area contributed by atoms with Gasteiger partial charge in [-0.3, -0.25) is 4.79 Å². The Kier molecular flexibility index (Phi) is 2.71. The second-order valence-electron chi connectivity index (χ2n) is 3.62. The van der Waals surface area contributed by atoms with Crippen molar-refractivity contribution in [3.63, 3.8) is 0 Å². The summed E-state index contributed by atoms with van der Waals surface area (Å²) in [7, 11) is 1.20. The molecule has 4 nitrogen and oxygen atoms in total. The summed E-state index contributed by atoms with van der Waals surface area (Å²) < 4.78 is 4.40. The number of hydrogen-bond acceptors (Lipinski definition) is 4. The number of esters is 1. The summed E-state index contributed by atoms with van der Waals surface area (Å²) in [4.78, 5) is 22.4. The van der Waals surface area contributed by atoms with Gasteiger partial charge in [-0.2, -0.15) is 0 Å². The monoisotopic (exact) mass is 186 g/mol. The van der Waals surface area contributed by atoms with Gasteiger partial charge in [-0.1, -0.05) is 0 Å². The minimum atomic E-state index is -1.31. The molecule has 1 aliphatic rings. The maximum Gasteiger partial charge on any atom is 0.335 e. The van der Waals surface area contributed by atoms with E-state index in [1.54, 1.807) is 6.92 Å². The van der Waals surface area contributed by atoms with Crippen LogP contribution in [0, 0.1) is 5.41 Å². The molecule has 0 aromatic rings. The molecule has 0 aromatic heterocycles. The first-order valence-electron chi connectivity index (χ1n) is 4.31. The Hall–Kier alpha value is -0.900. The second kappa shape index (κ2) is 3.46. The SMILES string of the molecule is COC(=O)[C@H](O)[C@@]1(C)CCCC1=O. The molecule has 0 aromatic carbocycles. The maximum atomic E-state index is 11.4. The van der Waals surface area contributed by atoms with E-state index in [1.165, 1.54) is 7.11 Å². The third-order valence-corrected chi connectivity index (χ3v) is 2.76. The van der Waals surface area contributed by atoms with Gasteiger partial charge < -0.3 is 9.84 Å². The molecule has 0 spiro atoms. The summed E-state index contributed by atoms with van der Waals surface area (Å²) in [5.41, 5.74) is -0.924. The van der Waals surface area contributed by atoms with Crippen LogP contribution in [0.25, 0.3) is 0 Å². The minimum absolute atomic E-state index is 0.0506. The van der Waals surface area contributed by atoms with Crippen LogP contribution < -0.4 is 0 Å². The normalized spacial score (nSPS) is 30.2. The number of aliphatic hydroxyl groups excluding tert-OH is 1. The lowest BCUT2D eigenvalue weighted by Crippen LogP contribution is -2.42. The van der Waals surface area contributed by atoms with E-state index in [0.29, 0.717) is 12.8 Å². The largest absolute Gasteiger partial charge is 0.467 e. The number of carbonyl (C=O) groups excluding carboxylic acids is 2. The summed E-state index contributed by atoms with van der Waals surface area (Å²) in [6.07, 6.45) is 0.434. The van der Waals surface area contributed by atoms with Crippen molar-refractivity contribution in [2.24, 2.45) is 5.41 Å². The zero-order valence-corrected chi connectivity index (χ0v) is 7.87. The maximum absolute atomic E-state index is 11.4. The van der Waals surface area contributed by atoms with Crippen molar-refractivity contribution in [3.8, 4) is 0 Å². The van der Waals surface area contributed by atoms with Crippen LogP contribution in [0.1, 0.15) is 26.2 Å². The van der Waals surface area contributed by atoms with Gasteiger partial charge in [-0.05, 0) is 19.8 Å². The minimum Gasteiger partial charge on any atom is -0.467 e. The van der Waals surface area contributed by atoms with Crippen molar-refractivity contribution in [1.82, 2.24) is 0 Å². The predicted octanol–water partition coefficient (Wildman–Crippen LogP) is 0.280. The Bertz CT molecular complexity index is 236. The average molecular weight is 186 g/mol. The number of methoxy groups -OCH3 is 1. The van der Waals surface area contributed by atoms with Gasteiger partial charge in [0.15, 0.2) is 6.10 Å². The van der Waals surface area contributed by atoms with Crippen LogP contribution in [0.2, 0.25) is 0 Å². The molecule has 0 bridgehead atoms. The molecule has 1 rings (SSSR count). The van der Waals surface area contributed by atoms with E-state index >= 15 is 0 Å². The molecule has 0 unspecified atom stereocenters. The predicted molar refractivity (Wildman–Crippen MR) is 45.0 cm³/mol. The third-order valence-electron chi connectivity index (χ3n) is 2.76. The van der Waals surface area contributed by atoms with E-state index in [1.807, 2.05) is 0 Å². The lowest BCUT2D eigenvalue weighted by Gasteiger charge is -2.25. The molecule has 0 saturated heterocycles. The van der Waals surface area contributed by atoms with Crippen LogP contribution in [0.5, 0.6) is 0 Å². The highest BCUT2D eigenvalue weighted by Crippen LogP contribution is 2.37. The van der Waals surface area contributed by atoms with E-state index < -0.39 is 17.5 Å². The highest BCUT2D eigenvalue weighted by molar-refractivity contribution is 5.92. The summed E-state index contributed by atoms with van der Waals surface area (Å²) in [6.45, 7) is 1.62. The van der Waals surface area contributed by atoms with Gasteiger partial charge in [0.1, 0.15) is 5.78 Å². The number of rotatable bonds is 2. The molecule has 0 aliphatic heterocycles. The van der Waals surface area contributed by atoms with Gasteiger partial charge in [0.2, 0.25) is 0 Å². The Balaban J connectivity index is 2.79. The fourth-order valence-electron chi connectivity index (χ4n) is 1.70. The van der Waals surface area contributed by atoms with E-state index in [2.05, 4.69) is 4.74 Å². The molecule has 74 valence electrons. The zero-order chi connectivity index (χ0) is 10.1. The molecule has 4 heteroatoms. The molecule has 13 heavy (non-hydrogen) atoms. The van der Waals surface area contributed by atoms with Crippen LogP contribution in [-0.2, 0) is 14.3 Å². The van der Waals surface area contributed by atoms with Crippen LogP contribution >= 0.6 is 0 Å². The number of Topliss-reactive ketones (excluding diaryl/α,β-unsaturated/α-hetero) is 1. The van der Waals surface area contributed by atoms with Crippen molar-refractivity contribution in [2.75, 3.05) is 7.11 Å². The van der Waals surface area contributed by atoms with Crippen LogP contribution in [0.4, 0.5) is 0 Å². The van der Waals surface area contributed by atoms with Gasteiger partial charge >= 0.3 is 5.97 Å². The molecule has 1 N–H and O–H groups in total. The van der Waals surface area contributed by atoms with E-state index in [9.17, 15) is 14.7 Å². The highest BCUT2D eigenvalue weighted by Gasteiger charge is 2.47.